The van der Waals surface area contributed by atoms with E-state index in [1.54, 1.807) is 18.3 Å². The number of thioether (sulfide) groups is 1. The van der Waals surface area contributed by atoms with Crippen molar-refractivity contribution in [1.82, 2.24) is 15.2 Å². The zero-order chi connectivity index (χ0) is 17.5. The first-order valence-electron chi connectivity index (χ1n) is 7.24. The molecule has 0 aliphatic heterocycles. The largest absolute Gasteiger partial charge is 0.484 e. The topological polar surface area (TPSA) is 90.1 Å². The van der Waals surface area contributed by atoms with Crippen molar-refractivity contribution >= 4 is 35.0 Å². The van der Waals surface area contributed by atoms with Crippen LogP contribution >= 0.6 is 23.4 Å². The molecule has 0 saturated heterocycles. The van der Waals surface area contributed by atoms with E-state index in [0.29, 0.717) is 22.6 Å². The van der Waals surface area contributed by atoms with Gasteiger partial charge in [0.2, 0.25) is 5.91 Å². The van der Waals surface area contributed by atoms with Gasteiger partial charge in [0.15, 0.2) is 11.8 Å². The molecule has 2 aromatic heterocycles. The number of amides is 1. The van der Waals surface area contributed by atoms with Crippen molar-refractivity contribution in [1.29, 1.82) is 0 Å². The average molecular weight is 377 g/mol. The SMILES string of the molecule is O=C(CSc1nnc(COc2ccccc2)o1)Nc1cccnc1Cl. The van der Waals surface area contributed by atoms with Gasteiger partial charge >= 0.3 is 0 Å². The molecule has 1 amide bonds. The monoisotopic (exact) mass is 376 g/mol. The Hall–Kier alpha value is -2.58. The molecule has 0 bridgehead atoms. The van der Waals surface area contributed by atoms with E-state index in [1.807, 2.05) is 30.3 Å². The molecule has 0 aliphatic carbocycles. The molecule has 0 aliphatic rings. The zero-order valence-electron chi connectivity index (χ0n) is 12.9. The van der Waals surface area contributed by atoms with E-state index < -0.39 is 0 Å². The third-order valence-electron chi connectivity index (χ3n) is 2.91. The number of hydrogen-bond acceptors (Lipinski definition) is 7. The summed E-state index contributed by atoms with van der Waals surface area (Å²) in [6.07, 6.45) is 1.55. The summed E-state index contributed by atoms with van der Waals surface area (Å²) < 4.78 is 10.9. The van der Waals surface area contributed by atoms with Gasteiger partial charge in [0, 0.05) is 6.20 Å². The summed E-state index contributed by atoms with van der Waals surface area (Å²) in [5.74, 6) is 0.900. The maximum Gasteiger partial charge on any atom is 0.277 e. The van der Waals surface area contributed by atoms with Crippen LogP contribution in [0.5, 0.6) is 5.75 Å². The Balaban J connectivity index is 1.47. The molecule has 0 radical (unpaired) electrons. The number of nitrogens with zero attached hydrogens (tertiary/aromatic N) is 3. The molecule has 0 saturated carbocycles. The van der Waals surface area contributed by atoms with E-state index in [1.165, 1.54) is 0 Å². The van der Waals surface area contributed by atoms with Crippen molar-refractivity contribution in [2.24, 2.45) is 0 Å². The first kappa shape index (κ1) is 17.2. The van der Waals surface area contributed by atoms with Crippen LogP contribution in [0.3, 0.4) is 0 Å². The van der Waals surface area contributed by atoms with Gasteiger partial charge in [-0.1, -0.05) is 41.6 Å². The molecule has 7 nitrogen and oxygen atoms in total. The van der Waals surface area contributed by atoms with Gasteiger partial charge in [-0.05, 0) is 24.3 Å². The van der Waals surface area contributed by atoms with E-state index in [-0.39, 0.29) is 23.4 Å². The molecule has 0 spiro atoms. The highest BCUT2D eigenvalue weighted by molar-refractivity contribution is 7.99. The van der Waals surface area contributed by atoms with Crippen LogP contribution in [0.4, 0.5) is 5.69 Å². The number of nitrogens with one attached hydrogen (secondary N) is 1. The van der Waals surface area contributed by atoms with Gasteiger partial charge in [-0.25, -0.2) is 4.98 Å². The highest BCUT2D eigenvalue weighted by Crippen LogP contribution is 2.20. The number of anilines is 1. The van der Waals surface area contributed by atoms with Crippen molar-refractivity contribution in [3.05, 3.63) is 59.7 Å². The fraction of sp³-hybridized carbons (Fsp3) is 0.125. The minimum atomic E-state index is -0.250. The Morgan fingerprint density at radius 2 is 2.04 bits per heavy atom. The Labute approximate surface area is 152 Å². The van der Waals surface area contributed by atoms with E-state index in [9.17, 15) is 4.79 Å². The lowest BCUT2D eigenvalue weighted by Crippen LogP contribution is -2.14. The molecule has 1 N–H and O–H groups in total. The van der Waals surface area contributed by atoms with Crippen LogP contribution < -0.4 is 10.1 Å². The first-order valence-corrected chi connectivity index (χ1v) is 8.60. The molecule has 9 heteroatoms. The quantitative estimate of drug-likeness (QED) is 0.499. The van der Waals surface area contributed by atoms with Crippen LogP contribution in [0.15, 0.2) is 58.3 Å². The van der Waals surface area contributed by atoms with Crippen LogP contribution in [0, 0.1) is 0 Å². The highest BCUT2D eigenvalue weighted by atomic mass is 35.5. The van der Waals surface area contributed by atoms with Crippen LogP contribution in [-0.4, -0.2) is 26.8 Å². The number of para-hydroxylation sites is 1. The molecular formula is C16H13ClN4O3S. The minimum Gasteiger partial charge on any atom is -0.484 e. The predicted molar refractivity (Wildman–Crippen MR) is 93.7 cm³/mol. The van der Waals surface area contributed by atoms with Crippen LogP contribution in [0.1, 0.15) is 5.89 Å². The summed E-state index contributed by atoms with van der Waals surface area (Å²) >= 11 is 7.01. The standard InChI is InChI=1S/C16H13ClN4O3S/c17-15-12(7-4-8-18-15)19-13(22)10-25-16-21-20-14(24-16)9-23-11-5-2-1-3-6-11/h1-8H,9-10H2,(H,19,22). The Morgan fingerprint density at radius 1 is 1.20 bits per heavy atom. The smallest absolute Gasteiger partial charge is 0.277 e. The van der Waals surface area contributed by atoms with Crippen molar-refractivity contribution in [2.75, 3.05) is 11.1 Å². The molecule has 0 fully saturated rings. The molecule has 2 heterocycles. The zero-order valence-corrected chi connectivity index (χ0v) is 14.5. The molecule has 0 unspecified atom stereocenters. The Morgan fingerprint density at radius 3 is 2.84 bits per heavy atom. The fourth-order valence-corrected chi connectivity index (χ4v) is 2.56. The first-order chi connectivity index (χ1) is 12.2. The minimum absolute atomic E-state index is 0.104. The van der Waals surface area contributed by atoms with Crippen molar-refractivity contribution in [2.45, 2.75) is 11.8 Å². The number of carbonyl (C=O) groups excluding carboxylic acids is 1. The van der Waals surface area contributed by atoms with Gasteiger partial charge in [-0.3, -0.25) is 4.79 Å². The summed E-state index contributed by atoms with van der Waals surface area (Å²) in [6, 6.07) is 12.7. The van der Waals surface area contributed by atoms with Crippen molar-refractivity contribution < 1.29 is 13.9 Å². The average Bonchev–Trinajstić information content (AvgIpc) is 3.09. The number of ether oxygens (including phenoxy) is 1. The number of carbonyl (C=O) groups is 1. The summed E-state index contributed by atoms with van der Waals surface area (Å²) in [5.41, 5.74) is 0.456. The third-order valence-corrected chi connectivity index (χ3v) is 4.03. The maximum atomic E-state index is 11.9. The summed E-state index contributed by atoms with van der Waals surface area (Å²) in [6.45, 7) is 0.162. The number of hydrogen-bond donors (Lipinski definition) is 1. The number of benzene rings is 1. The van der Waals surface area contributed by atoms with E-state index >= 15 is 0 Å². The van der Waals surface area contributed by atoms with Crippen LogP contribution in [0.2, 0.25) is 5.15 Å². The second kappa shape index (κ2) is 8.50. The molecule has 3 rings (SSSR count). The molecule has 1 aromatic carbocycles. The van der Waals surface area contributed by atoms with E-state index in [0.717, 1.165) is 11.8 Å². The molecule has 25 heavy (non-hydrogen) atoms. The van der Waals surface area contributed by atoms with Gasteiger partial charge in [-0.15, -0.1) is 10.2 Å². The lowest BCUT2D eigenvalue weighted by Gasteiger charge is -2.04. The second-order valence-electron chi connectivity index (χ2n) is 4.74. The van der Waals surface area contributed by atoms with Crippen molar-refractivity contribution in [3.63, 3.8) is 0 Å². The number of halogens is 1. The highest BCUT2D eigenvalue weighted by Gasteiger charge is 2.11. The maximum absolute atomic E-state index is 11.9. The van der Waals surface area contributed by atoms with Gasteiger partial charge < -0.3 is 14.5 Å². The molecular weight excluding hydrogens is 364 g/mol. The summed E-state index contributed by atoms with van der Waals surface area (Å²) in [7, 11) is 0. The lowest BCUT2D eigenvalue weighted by atomic mass is 10.3. The summed E-state index contributed by atoms with van der Waals surface area (Å²) in [5, 5.41) is 10.9. The van der Waals surface area contributed by atoms with E-state index in [4.69, 9.17) is 20.8 Å². The predicted octanol–water partition coefficient (Wildman–Crippen LogP) is 3.43. The number of aromatic nitrogens is 3. The number of rotatable bonds is 7. The van der Waals surface area contributed by atoms with Crippen LogP contribution in [-0.2, 0) is 11.4 Å². The second-order valence-corrected chi connectivity index (χ2v) is 6.03. The summed E-state index contributed by atoms with van der Waals surface area (Å²) in [4.78, 5) is 15.8. The van der Waals surface area contributed by atoms with Gasteiger partial charge in [-0.2, -0.15) is 0 Å². The van der Waals surface area contributed by atoms with Crippen LogP contribution in [0.25, 0.3) is 0 Å². The van der Waals surface area contributed by atoms with Gasteiger partial charge in [0.25, 0.3) is 11.1 Å². The normalized spacial score (nSPS) is 10.4. The Kier molecular flexibility index (Phi) is 5.86. The molecule has 128 valence electrons. The fourth-order valence-electron chi connectivity index (χ4n) is 1.81. The van der Waals surface area contributed by atoms with Gasteiger partial charge in [0.05, 0.1) is 11.4 Å². The van der Waals surface area contributed by atoms with Crippen molar-refractivity contribution in [3.8, 4) is 5.75 Å². The number of pyridine rings is 1. The third kappa shape index (κ3) is 5.20. The molecule has 3 aromatic rings. The van der Waals surface area contributed by atoms with E-state index in [2.05, 4.69) is 20.5 Å². The Bertz CT molecular complexity index is 844. The molecule has 0 atom stereocenters. The van der Waals surface area contributed by atoms with Gasteiger partial charge in [0.1, 0.15) is 5.75 Å². The lowest BCUT2D eigenvalue weighted by molar-refractivity contribution is -0.113.